The first-order valence-electron chi connectivity index (χ1n) is 12.3. The molecule has 4 rings (SSSR count). The summed E-state index contributed by atoms with van der Waals surface area (Å²) in [5.74, 6) is 0.0614. The molecule has 1 aliphatic rings. The van der Waals surface area contributed by atoms with Crippen LogP contribution in [0.25, 0.3) is 0 Å². The van der Waals surface area contributed by atoms with E-state index in [9.17, 15) is 14.4 Å². The molecule has 0 saturated carbocycles. The van der Waals surface area contributed by atoms with Gasteiger partial charge < -0.3 is 14.6 Å². The molecule has 1 heterocycles. The summed E-state index contributed by atoms with van der Waals surface area (Å²) < 4.78 is 0. The predicted octanol–water partition coefficient (Wildman–Crippen LogP) is 6.78. The zero-order valence-corrected chi connectivity index (χ0v) is 21.7. The largest absolute Gasteiger partial charge is 0.305 e. The van der Waals surface area contributed by atoms with Gasteiger partial charge in [-0.05, 0) is 86.7 Å². The van der Waals surface area contributed by atoms with Crippen molar-refractivity contribution in [3.05, 3.63) is 94.5 Å². The topological polar surface area (TPSA) is 57.7 Å². The molecule has 0 spiro atoms. The number of halogens is 1. The minimum atomic E-state index is -0.206. The first kappa shape index (κ1) is 25.6. The second-order valence-electron chi connectivity index (χ2n) is 9.45. The number of amides is 2. The van der Waals surface area contributed by atoms with Gasteiger partial charge in [-0.25, -0.2) is 0 Å². The standard InChI is InChI=1S/C30H31ClN2O3/c1-20-19-29(33(22(3)35)26-17-15-25(31)16-18-26)27-9-4-5-10-28(27)32(20)30(36)24-13-11-23(12-14-24)8-6-7-21(2)34/h4-5,9-18,20,29H,6-8,19H2,1-3H3. The molecule has 5 nitrogen and oxygen atoms in total. The third-order valence-corrected chi connectivity index (χ3v) is 6.98. The highest BCUT2D eigenvalue weighted by Crippen LogP contribution is 2.42. The SMILES string of the molecule is CC(=O)CCCc1ccc(C(=O)N2c3ccccc3C(N(C(C)=O)c3ccc(Cl)cc3)CC2C)cc1. The third kappa shape index (κ3) is 5.52. The lowest BCUT2D eigenvalue weighted by molar-refractivity contribution is -0.118. The van der Waals surface area contributed by atoms with Crippen molar-refractivity contribution in [1.29, 1.82) is 0 Å². The third-order valence-electron chi connectivity index (χ3n) is 6.73. The summed E-state index contributed by atoms with van der Waals surface area (Å²) in [5.41, 5.74) is 4.26. The lowest BCUT2D eigenvalue weighted by Gasteiger charge is -2.43. The van der Waals surface area contributed by atoms with E-state index in [0.29, 0.717) is 23.4 Å². The summed E-state index contributed by atoms with van der Waals surface area (Å²) >= 11 is 6.08. The number of ketones is 1. The highest BCUT2D eigenvalue weighted by molar-refractivity contribution is 6.30. The maximum Gasteiger partial charge on any atom is 0.258 e. The van der Waals surface area contributed by atoms with Crippen molar-refractivity contribution in [3.63, 3.8) is 0 Å². The summed E-state index contributed by atoms with van der Waals surface area (Å²) in [4.78, 5) is 41.4. The number of carbonyl (C=O) groups excluding carboxylic acids is 3. The number of nitrogens with zero attached hydrogens (tertiary/aromatic N) is 2. The highest BCUT2D eigenvalue weighted by atomic mass is 35.5. The van der Waals surface area contributed by atoms with Crippen molar-refractivity contribution in [1.82, 2.24) is 0 Å². The van der Waals surface area contributed by atoms with Crippen LogP contribution < -0.4 is 9.80 Å². The van der Waals surface area contributed by atoms with Gasteiger partial charge in [-0.15, -0.1) is 0 Å². The van der Waals surface area contributed by atoms with E-state index in [1.54, 1.807) is 30.9 Å². The zero-order chi connectivity index (χ0) is 25.8. The van der Waals surface area contributed by atoms with Crippen LogP contribution in [0.4, 0.5) is 11.4 Å². The van der Waals surface area contributed by atoms with E-state index in [-0.39, 0.29) is 29.7 Å². The van der Waals surface area contributed by atoms with E-state index in [2.05, 4.69) is 0 Å². The van der Waals surface area contributed by atoms with Crippen molar-refractivity contribution in [2.75, 3.05) is 9.80 Å². The number of hydrogen-bond acceptors (Lipinski definition) is 3. The molecular weight excluding hydrogens is 472 g/mol. The number of para-hydroxylation sites is 1. The summed E-state index contributed by atoms with van der Waals surface area (Å²) in [5, 5.41) is 0.612. The van der Waals surface area contributed by atoms with Gasteiger partial charge in [-0.2, -0.15) is 0 Å². The normalized spacial score (nSPS) is 16.8. The minimum absolute atomic E-state index is 0.0652. The van der Waals surface area contributed by atoms with Crippen molar-refractivity contribution < 1.29 is 14.4 Å². The van der Waals surface area contributed by atoms with Crippen LogP contribution in [0.3, 0.4) is 0 Å². The molecule has 3 aromatic rings. The number of hydrogen-bond donors (Lipinski definition) is 0. The smallest absolute Gasteiger partial charge is 0.258 e. The Labute approximate surface area is 217 Å². The van der Waals surface area contributed by atoms with Crippen molar-refractivity contribution in [3.8, 4) is 0 Å². The fraction of sp³-hybridized carbons (Fsp3) is 0.300. The molecule has 186 valence electrons. The van der Waals surface area contributed by atoms with E-state index in [4.69, 9.17) is 11.6 Å². The molecule has 0 radical (unpaired) electrons. The van der Waals surface area contributed by atoms with Gasteiger partial charge in [0.25, 0.3) is 5.91 Å². The van der Waals surface area contributed by atoms with Gasteiger partial charge in [-0.1, -0.05) is 41.9 Å². The van der Waals surface area contributed by atoms with Crippen LogP contribution in [-0.2, 0) is 16.0 Å². The Morgan fingerprint density at radius 1 is 0.944 bits per heavy atom. The molecule has 2 unspecified atom stereocenters. The predicted molar refractivity (Wildman–Crippen MR) is 145 cm³/mol. The first-order chi connectivity index (χ1) is 17.3. The van der Waals surface area contributed by atoms with Crippen LogP contribution in [0.2, 0.25) is 5.02 Å². The van der Waals surface area contributed by atoms with Gasteiger partial charge in [0.15, 0.2) is 0 Å². The van der Waals surface area contributed by atoms with Gasteiger partial charge in [-0.3, -0.25) is 9.59 Å². The second kappa shape index (κ2) is 11.1. The maximum absolute atomic E-state index is 13.7. The number of fused-ring (bicyclic) bond motifs is 1. The number of carbonyl (C=O) groups is 3. The highest BCUT2D eigenvalue weighted by Gasteiger charge is 2.38. The second-order valence-corrected chi connectivity index (χ2v) is 9.89. The average molecular weight is 503 g/mol. The molecule has 0 fully saturated rings. The van der Waals surface area contributed by atoms with E-state index >= 15 is 0 Å². The molecule has 0 N–H and O–H groups in total. The molecule has 2 amide bonds. The van der Waals surface area contributed by atoms with Gasteiger partial charge >= 0.3 is 0 Å². The molecule has 0 bridgehead atoms. The summed E-state index contributed by atoms with van der Waals surface area (Å²) in [6, 6.07) is 22.4. The van der Waals surface area contributed by atoms with E-state index in [1.807, 2.05) is 72.5 Å². The van der Waals surface area contributed by atoms with Gasteiger partial charge in [0.2, 0.25) is 5.91 Å². The lowest BCUT2D eigenvalue weighted by atomic mass is 9.89. The number of benzene rings is 3. The number of rotatable bonds is 7. The Balaban J connectivity index is 1.63. The average Bonchev–Trinajstić information content (AvgIpc) is 2.85. The fourth-order valence-electron chi connectivity index (χ4n) is 5.01. The van der Waals surface area contributed by atoms with Gasteiger partial charge in [0.05, 0.1) is 6.04 Å². The Morgan fingerprint density at radius 3 is 2.25 bits per heavy atom. The summed E-state index contributed by atoms with van der Waals surface area (Å²) in [6.45, 7) is 5.20. The molecule has 3 aromatic carbocycles. The monoisotopic (exact) mass is 502 g/mol. The quantitative estimate of drug-likeness (QED) is 0.357. The van der Waals surface area contributed by atoms with Crippen molar-refractivity contribution in [2.45, 2.75) is 58.5 Å². The molecule has 2 atom stereocenters. The minimum Gasteiger partial charge on any atom is -0.305 e. The van der Waals surface area contributed by atoms with Crippen LogP contribution in [0.5, 0.6) is 0 Å². The van der Waals surface area contributed by atoms with Crippen molar-refractivity contribution in [2.24, 2.45) is 0 Å². The van der Waals surface area contributed by atoms with Crippen LogP contribution in [0, 0.1) is 0 Å². The molecule has 0 saturated heterocycles. The van der Waals surface area contributed by atoms with E-state index < -0.39 is 0 Å². The van der Waals surface area contributed by atoms with Crippen molar-refractivity contribution >= 4 is 40.6 Å². The molecule has 6 heteroatoms. The number of anilines is 2. The zero-order valence-electron chi connectivity index (χ0n) is 20.9. The molecule has 0 aromatic heterocycles. The summed E-state index contributed by atoms with van der Waals surface area (Å²) in [6.07, 6.45) is 2.79. The van der Waals surface area contributed by atoms with Crippen LogP contribution in [-0.4, -0.2) is 23.6 Å². The lowest BCUT2D eigenvalue weighted by Crippen LogP contribution is -2.47. The molecule has 36 heavy (non-hydrogen) atoms. The van der Waals surface area contributed by atoms with E-state index in [1.165, 1.54) is 0 Å². The van der Waals surface area contributed by atoms with Crippen LogP contribution in [0.1, 0.15) is 67.6 Å². The molecule has 0 aliphatic carbocycles. The first-order valence-corrected chi connectivity index (χ1v) is 12.7. The Kier molecular flexibility index (Phi) is 7.90. The maximum atomic E-state index is 13.7. The van der Waals surface area contributed by atoms with Gasteiger partial charge in [0.1, 0.15) is 5.78 Å². The number of aryl methyl sites for hydroxylation is 1. The Hall–Kier alpha value is -3.44. The molecule has 1 aliphatic heterocycles. The summed E-state index contributed by atoms with van der Waals surface area (Å²) in [7, 11) is 0. The Bertz CT molecular complexity index is 1250. The van der Waals surface area contributed by atoms with Gasteiger partial charge in [0, 0.05) is 41.3 Å². The Morgan fingerprint density at radius 2 is 1.61 bits per heavy atom. The molecular formula is C30H31ClN2O3. The fourth-order valence-corrected chi connectivity index (χ4v) is 5.14. The number of Topliss-reactive ketones (excluding diaryl/α,β-unsaturated/α-hetero) is 1. The van der Waals surface area contributed by atoms with Crippen LogP contribution >= 0.6 is 11.6 Å². The van der Waals surface area contributed by atoms with Crippen LogP contribution in [0.15, 0.2) is 72.8 Å². The van der Waals surface area contributed by atoms with E-state index in [0.717, 1.165) is 35.3 Å².